The van der Waals surface area contributed by atoms with Crippen LogP contribution in [0.5, 0.6) is 0 Å². The smallest absolute Gasteiger partial charge is 0.326 e. The van der Waals surface area contributed by atoms with E-state index in [0.717, 1.165) is 0 Å². The molecular formula is C18H30N6O6S2. The average molecular weight is 491 g/mol. The largest absolute Gasteiger partial charge is 0.480 e. The van der Waals surface area contributed by atoms with Crippen LogP contribution in [-0.2, 0) is 25.6 Å². The predicted molar refractivity (Wildman–Crippen MR) is 122 cm³/mol. The first kappa shape index (κ1) is 27.7. The lowest BCUT2D eigenvalue weighted by atomic mass is 10.1. The molecule has 0 aromatic carbocycles. The van der Waals surface area contributed by atoms with Crippen LogP contribution in [0.15, 0.2) is 12.5 Å². The van der Waals surface area contributed by atoms with Gasteiger partial charge in [-0.25, -0.2) is 9.78 Å². The molecule has 0 aliphatic heterocycles. The van der Waals surface area contributed by atoms with Crippen molar-refractivity contribution in [2.45, 2.75) is 50.0 Å². The lowest BCUT2D eigenvalue weighted by Gasteiger charge is -2.26. The highest BCUT2D eigenvalue weighted by Crippen LogP contribution is 2.03. The third-order valence-electron chi connectivity index (χ3n) is 4.44. The summed E-state index contributed by atoms with van der Waals surface area (Å²) in [6.45, 7) is 1.27. The fraction of sp³-hybridized carbons (Fsp3) is 0.611. The van der Waals surface area contributed by atoms with Crippen LogP contribution < -0.4 is 21.7 Å². The molecule has 0 saturated carbocycles. The van der Waals surface area contributed by atoms with Crippen molar-refractivity contribution in [3.8, 4) is 0 Å². The molecule has 0 aliphatic carbocycles. The molecule has 8 N–H and O–H groups in total. The summed E-state index contributed by atoms with van der Waals surface area (Å²) in [5.74, 6) is -2.94. The minimum atomic E-state index is -1.46. The second-order valence-corrected chi connectivity index (χ2v) is 8.39. The molecule has 5 unspecified atom stereocenters. The Morgan fingerprint density at radius 1 is 1.19 bits per heavy atom. The molecule has 0 saturated heterocycles. The van der Waals surface area contributed by atoms with Gasteiger partial charge in [0.1, 0.15) is 18.1 Å². The monoisotopic (exact) mass is 490 g/mol. The number of thioether (sulfide) groups is 1. The van der Waals surface area contributed by atoms with E-state index in [1.165, 1.54) is 31.2 Å². The van der Waals surface area contributed by atoms with E-state index in [4.69, 9.17) is 5.73 Å². The van der Waals surface area contributed by atoms with Crippen LogP contribution in [0.4, 0.5) is 0 Å². The van der Waals surface area contributed by atoms with Gasteiger partial charge in [0.05, 0.1) is 18.5 Å². The summed E-state index contributed by atoms with van der Waals surface area (Å²) in [6, 6.07) is -4.71. The van der Waals surface area contributed by atoms with Crippen molar-refractivity contribution < 1.29 is 29.4 Å². The number of imidazole rings is 1. The maximum atomic E-state index is 12.6. The third kappa shape index (κ3) is 9.06. The summed E-state index contributed by atoms with van der Waals surface area (Å²) < 4.78 is 0. The Hall–Kier alpha value is -2.29. The summed E-state index contributed by atoms with van der Waals surface area (Å²) in [4.78, 5) is 55.5. The summed E-state index contributed by atoms with van der Waals surface area (Å²) >= 11 is 5.58. The molecule has 1 aromatic rings. The van der Waals surface area contributed by atoms with E-state index in [2.05, 4.69) is 38.5 Å². The van der Waals surface area contributed by atoms with Gasteiger partial charge in [0.2, 0.25) is 17.7 Å². The number of carboxylic acids is 1. The molecule has 3 amide bonds. The number of nitrogens with two attached hydrogens (primary N) is 1. The van der Waals surface area contributed by atoms with E-state index >= 15 is 0 Å². The molecule has 14 heteroatoms. The topological polar surface area (TPSA) is 200 Å². The Labute approximate surface area is 195 Å². The maximum absolute atomic E-state index is 12.6. The first-order valence-corrected chi connectivity index (χ1v) is 11.8. The van der Waals surface area contributed by atoms with Crippen molar-refractivity contribution in [3.05, 3.63) is 18.2 Å². The first-order chi connectivity index (χ1) is 15.1. The molecule has 12 nitrogen and oxygen atoms in total. The molecular weight excluding hydrogens is 460 g/mol. The number of amides is 3. The molecule has 32 heavy (non-hydrogen) atoms. The number of aliphatic hydroxyl groups excluding tert-OH is 1. The Morgan fingerprint density at radius 3 is 2.34 bits per heavy atom. The van der Waals surface area contributed by atoms with E-state index < -0.39 is 54.0 Å². The lowest BCUT2D eigenvalue weighted by Crippen LogP contribution is -2.60. The number of thiol groups is 1. The van der Waals surface area contributed by atoms with Gasteiger partial charge in [-0.15, -0.1) is 0 Å². The molecule has 1 aromatic heterocycles. The number of H-pyrrole nitrogens is 1. The summed E-state index contributed by atoms with van der Waals surface area (Å²) in [5.41, 5.74) is 6.27. The summed E-state index contributed by atoms with van der Waals surface area (Å²) in [7, 11) is 0. The quantitative estimate of drug-likeness (QED) is 0.134. The minimum Gasteiger partial charge on any atom is -0.480 e. The second kappa shape index (κ2) is 14.0. The van der Waals surface area contributed by atoms with Gasteiger partial charge < -0.3 is 36.9 Å². The van der Waals surface area contributed by atoms with Crippen LogP contribution in [0.1, 0.15) is 19.0 Å². The molecule has 1 rings (SSSR count). The average Bonchev–Trinajstić information content (AvgIpc) is 3.25. The molecule has 0 spiro atoms. The zero-order chi connectivity index (χ0) is 24.3. The normalized spacial score (nSPS) is 15.7. The first-order valence-electron chi connectivity index (χ1n) is 9.75. The highest BCUT2D eigenvalue weighted by Gasteiger charge is 2.32. The Bertz CT molecular complexity index is 763. The number of nitrogens with one attached hydrogen (secondary N) is 4. The van der Waals surface area contributed by atoms with Gasteiger partial charge >= 0.3 is 5.97 Å². The molecule has 5 atom stereocenters. The van der Waals surface area contributed by atoms with Crippen LogP contribution in [-0.4, -0.2) is 91.9 Å². The summed E-state index contributed by atoms with van der Waals surface area (Å²) in [5, 5.41) is 26.5. The molecule has 0 aliphatic rings. The van der Waals surface area contributed by atoms with E-state index in [0.29, 0.717) is 17.9 Å². The van der Waals surface area contributed by atoms with Crippen molar-refractivity contribution in [1.82, 2.24) is 25.9 Å². The van der Waals surface area contributed by atoms with Crippen molar-refractivity contribution in [2.24, 2.45) is 5.73 Å². The van der Waals surface area contributed by atoms with Gasteiger partial charge in [-0.2, -0.15) is 24.4 Å². The molecule has 1 heterocycles. The maximum Gasteiger partial charge on any atom is 0.326 e. The number of carbonyl (C=O) groups is 4. The Kier molecular flexibility index (Phi) is 12.1. The number of carboxylic acid groups (broad SMARTS) is 1. The van der Waals surface area contributed by atoms with Crippen molar-refractivity contribution in [3.63, 3.8) is 0 Å². The second-order valence-electron chi connectivity index (χ2n) is 7.04. The minimum absolute atomic E-state index is 0.0786. The SMILES string of the molecule is CSCCC(N)C(=O)NC(CS)C(=O)NC(C(=O)NC(Cc1cnc[nH]1)C(=O)O)C(C)O. The van der Waals surface area contributed by atoms with Gasteiger partial charge in [0, 0.05) is 24.1 Å². The zero-order valence-electron chi connectivity index (χ0n) is 17.8. The van der Waals surface area contributed by atoms with Crippen LogP contribution in [0.3, 0.4) is 0 Å². The van der Waals surface area contributed by atoms with E-state index in [1.54, 1.807) is 0 Å². The van der Waals surface area contributed by atoms with E-state index in [9.17, 15) is 29.4 Å². The molecule has 0 bridgehead atoms. The van der Waals surface area contributed by atoms with Crippen molar-refractivity contribution in [1.29, 1.82) is 0 Å². The highest BCUT2D eigenvalue weighted by atomic mass is 32.2. The van der Waals surface area contributed by atoms with Crippen LogP contribution in [0, 0.1) is 0 Å². The lowest BCUT2D eigenvalue weighted by molar-refractivity contribution is -0.143. The number of hydrogen-bond donors (Lipinski definition) is 8. The fourth-order valence-corrected chi connectivity index (χ4v) is 3.33. The Morgan fingerprint density at radius 2 is 1.84 bits per heavy atom. The number of rotatable bonds is 14. The van der Waals surface area contributed by atoms with Crippen molar-refractivity contribution in [2.75, 3.05) is 17.8 Å². The fourth-order valence-electron chi connectivity index (χ4n) is 2.59. The zero-order valence-corrected chi connectivity index (χ0v) is 19.5. The van der Waals surface area contributed by atoms with Gasteiger partial charge in [-0.05, 0) is 25.4 Å². The summed E-state index contributed by atoms with van der Waals surface area (Å²) in [6.07, 6.45) is 3.65. The van der Waals surface area contributed by atoms with E-state index in [1.807, 2.05) is 6.26 Å². The highest BCUT2D eigenvalue weighted by molar-refractivity contribution is 7.98. The Balaban J connectivity index is 2.79. The number of hydrogen-bond acceptors (Lipinski definition) is 9. The molecule has 0 fully saturated rings. The van der Waals surface area contributed by atoms with Crippen molar-refractivity contribution >= 4 is 48.1 Å². The van der Waals surface area contributed by atoms with Gasteiger partial charge in [-0.1, -0.05) is 0 Å². The number of aliphatic hydroxyl groups is 1. The molecule has 180 valence electrons. The van der Waals surface area contributed by atoms with Crippen LogP contribution in [0.25, 0.3) is 0 Å². The van der Waals surface area contributed by atoms with Gasteiger partial charge in [0.15, 0.2) is 0 Å². The van der Waals surface area contributed by atoms with Crippen LogP contribution in [0.2, 0.25) is 0 Å². The third-order valence-corrected chi connectivity index (χ3v) is 5.45. The van der Waals surface area contributed by atoms with Gasteiger partial charge in [-0.3, -0.25) is 14.4 Å². The number of carbonyl (C=O) groups excluding carboxylic acids is 3. The standard InChI is InChI=1S/C18H30N6O6S2/c1-9(25)14(17(28)22-12(18(29)30)5-10-6-20-8-21-10)24-16(27)13(7-31)23-15(26)11(19)3-4-32-2/h6,8-9,11-14,25,31H,3-5,7,19H2,1-2H3,(H,20,21)(H,22,28)(H,23,26)(H,24,27)(H,29,30). The molecule has 0 radical (unpaired) electrons. The number of nitrogens with zero attached hydrogens (tertiary/aromatic N) is 1. The number of aliphatic carboxylic acids is 1. The van der Waals surface area contributed by atoms with E-state index in [-0.39, 0.29) is 12.2 Å². The number of aromatic nitrogens is 2. The predicted octanol–water partition coefficient (Wildman–Crippen LogP) is -2.12. The van der Waals surface area contributed by atoms with Crippen LogP contribution >= 0.6 is 24.4 Å². The number of aromatic amines is 1. The van der Waals surface area contributed by atoms with Gasteiger partial charge in [0.25, 0.3) is 0 Å².